The first-order valence-electron chi connectivity index (χ1n) is 6.34. The average Bonchev–Trinajstić information content (AvgIpc) is 3.12. The molecule has 112 valence electrons. The van der Waals surface area contributed by atoms with Crippen LogP contribution in [0.1, 0.15) is 5.69 Å². The fraction of sp³-hybridized carbons (Fsp3) is 0.0667. The van der Waals surface area contributed by atoms with Crippen molar-refractivity contribution in [3.63, 3.8) is 0 Å². The van der Waals surface area contributed by atoms with E-state index < -0.39 is 0 Å². The minimum absolute atomic E-state index is 0.161. The number of nitrogens with zero attached hydrogens (tertiary/aromatic N) is 1. The molecule has 3 nitrogen and oxygen atoms in total. The van der Waals surface area contributed by atoms with Crippen molar-refractivity contribution in [2.75, 3.05) is 5.32 Å². The van der Waals surface area contributed by atoms with Gasteiger partial charge in [-0.15, -0.1) is 11.3 Å². The lowest BCUT2D eigenvalue weighted by molar-refractivity contribution is -0.115. The molecule has 22 heavy (non-hydrogen) atoms. The van der Waals surface area contributed by atoms with E-state index in [0.717, 1.165) is 16.3 Å². The second-order valence-electron chi connectivity index (χ2n) is 4.51. The monoisotopic (exact) mass is 368 g/mol. The van der Waals surface area contributed by atoms with E-state index in [-0.39, 0.29) is 12.3 Å². The Morgan fingerprint density at radius 1 is 1.23 bits per heavy atom. The van der Waals surface area contributed by atoms with Gasteiger partial charge in [0.1, 0.15) is 5.01 Å². The molecule has 0 saturated heterocycles. The largest absolute Gasteiger partial charge is 0.324 e. The van der Waals surface area contributed by atoms with Gasteiger partial charge in [-0.3, -0.25) is 4.79 Å². The van der Waals surface area contributed by atoms with Crippen LogP contribution in [-0.2, 0) is 11.2 Å². The molecule has 0 aliphatic rings. The van der Waals surface area contributed by atoms with Crippen molar-refractivity contribution in [2.45, 2.75) is 6.42 Å². The van der Waals surface area contributed by atoms with Gasteiger partial charge in [0.05, 0.1) is 22.8 Å². The maximum Gasteiger partial charge on any atom is 0.230 e. The number of halogens is 2. The summed E-state index contributed by atoms with van der Waals surface area (Å²) in [6, 6.07) is 6.97. The van der Waals surface area contributed by atoms with Crippen molar-refractivity contribution in [2.24, 2.45) is 0 Å². The van der Waals surface area contributed by atoms with Crippen LogP contribution in [0.4, 0.5) is 5.69 Å². The molecule has 3 aromatic rings. The van der Waals surface area contributed by atoms with Gasteiger partial charge >= 0.3 is 0 Å². The molecule has 0 bridgehead atoms. The SMILES string of the molecule is O=C(Cc1csc(-c2ccsc2)n1)Nc1ccc(Cl)cc1Cl. The number of rotatable bonds is 4. The molecular formula is C15H10Cl2N2OS2. The summed E-state index contributed by atoms with van der Waals surface area (Å²) in [5.74, 6) is -0.161. The maximum absolute atomic E-state index is 12.1. The first-order valence-corrected chi connectivity index (χ1v) is 8.91. The van der Waals surface area contributed by atoms with Crippen molar-refractivity contribution in [1.82, 2.24) is 4.98 Å². The lowest BCUT2D eigenvalue weighted by atomic mass is 10.2. The summed E-state index contributed by atoms with van der Waals surface area (Å²) in [4.78, 5) is 16.6. The number of nitrogens with one attached hydrogen (secondary N) is 1. The van der Waals surface area contributed by atoms with Crippen LogP contribution in [0.25, 0.3) is 10.6 Å². The van der Waals surface area contributed by atoms with E-state index in [4.69, 9.17) is 23.2 Å². The smallest absolute Gasteiger partial charge is 0.230 e. The topological polar surface area (TPSA) is 42.0 Å². The third-order valence-corrected chi connectivity index (χ3v) is 5.04. The molecule has 0 fully saturated rings. The van der Waals surface area contributed by atoms with Gasteiger partial charge in [-0.05, 0) is 29.6 Å². The van der Waals surface area contributed by atoms with Gasteiger partial charge in [-0.2, -0.15) is 11.3 Å². The molecular weight excluding hydrogens is 359 g/mol. The van der Waals surface area contributed by atoms with Crippen molar-refractivity contribution in [3.8, 4) is 10.6 Å². The summed E-state index contributed by atoms with van der Waals surface area (Å²) < 4.78 is 0. The number of amides is 1. The minimum Gasteiger partial charge on any atom is -0.324 e. The average molecular weight is 369 g/mol. The fourth-order valence-electron chi connectivity index (χ4n) is 1.86. The number of thiophene rings is 1. The van der Waals surface area contributed by atoms with Gasteiger partial charge in [-0.1, -0.05) is 23.2 Å². The Balaban J connectivity index is 1.67. The van der Waals surface area contributed by atoms with E-state index in [1.165, 1.54) is 11.3 Å². The van der Waals surface area contributed by atoms with Gasteiger partial charge in [-0.25, -0.2) is 4.98 Å². The first-order chi connectivity index (χ1) is 10.6. The maximum atomic E-state index is 12.1. The molecule has 0 spiro atoms. The molecule has 0 radical (unpaired) electrons. The molecule has 1 amide bonds. The van der Waals surface area contributed by atoms with E-state index in [1.54, 1.807) is 29.5 Å². The van der Waals surface area contributed by atoms with E-state index in [1.807, 2.05) is 22.2 Å². The van der Waals surface area contributed by atoms with Crippen molar-refractivity contribution in [1.29, 1.82) is 0 Å². The van der Waals surface area contributed by atoms with E-state index in [9.17, 15) is 4.79 Å². The lowest BCUT2D eigenvalue weighted by Gasteiger charge is -2.06. The summed E-state index contributed by atoms with van der Waals surface area (Å²) in [6.07, 6.45) is 0.208. The molecule has 2 heterocycles. The summed E-state index contributed by atoms with van der Waals surface area (Å²) in [5.41, 5.74) is 2.38. The predicted octanol–water partition coefficient (Wildman–Crippen LogP) is 5.36. The fourth-order valence-corrected chi connectivity index (χ4v) is 3.84. The predicted molar refractivity (Wildman–Crippen MR) is 94.2 cm³/mol. The highest BCUT2D eigenvalue weighted by atomic mass is 35.5. The minimum atomic E-state index is -0.161. The third-order valence-electron chi connectivity index (χ3n) is 2.87. The summed E-state index contributed by atoms with van der Waals surface area (Å²) in [6.45, 7) is 0. The summed E-state index contributed by atoms with van der Waals surface area (Å²) in [5, 5.41) is 10.6. The number of hydrogen-bond donors (Lipinski definition) is 1. The van der Waals surface area contributed by atoms with Crippen LogP contribution in [0.5, 0.6) is 0 Å². The molecule has 0 unspecified atom stereocenters. The molecule has 1 aromatic carbocycles. The van der Waals surface area contributed by atoms with Crippen LogP contribution in [0.2, 0.25) is 10.0 Å². The Morgan fingerprint density at radius 3 is 2.82 bits per heavy atom. The Bertz CT molecular complexity index is 800. The standard InChI is InChI=1S/C15H10Cl2N2OS2/c16-10-1-2-13(12(17)5-10)19-14(20)6-11-8-22-15(18-11)9-3-4-21-7-9/h1-5,7-8H,6H2,(H,19,20). The highest BCUT2D eigenvalue weighted by Gasteiger charge is 2.11. The Hall–Kier alpha value is -1.40. The van der Waals surface area contributed by atoms with Crippen molar-refractivity contribution < 1.29 is 4.79 Å². The van der Waals surface area contributed by atoms with Crippen LogP contribution < -0.4 is 5.32 Å². The van der Waals surface area contributed by atoms with Crippen LogP contribution in [0.3, 0.4) is 0 Å². The van der Waals surface area contributed by atoms with Crippen molar-refractivity contribution >= 4 is 57.5 Å². The van der Waals surface area contributed by atoms with E-state index in [0.29, 0.717) is 15.7 Å². The van der Waals surface area contributed by atoms with Gasteiger partial charge in [0.25, 0.3) is 0 Å². The lowest BCUT2D eigenvalue weighted by Crippen LogP contribution is -2.14. The second kappa shape index (κ2) is 6.79. The molecule has 0 atom stereocenters. The van der Waals surface area contributed by atoms with Crippen LogP contribution in [0, 0.1) is 0 Å². The number of hydrogen-bond acceptors (Lipinski definition) is 4. The highest BCUT2D eigenvalue weighted by molar-refractivity contribution is 7.14. The zero-order chi connectivity index (χ0) is 15.5. The third kappa shape index (κ3) is 3.67. The molecule has 3 rings (SSSR count). The number of thiazole rings is 1. The van der Waals surface area contributed by atoms with Gasteiger partial charge in [0, 0.05) is 21.3 Å². The molecule has 2 aromatic heterocycles. The molecule has 0 aliphatic heterocycles. The van der Waals surface area contributed by atoms with E-state index in [2.05, 4.69) is 10.3 Å². The molecule has 1 N–H and O–H groups in total. The summed E-state index contributed by atoms with van der Waals surface area (Å²) in [7, 11) is 0. The van der Waals surface area contributed by atoms with Crippen LogP contribution in [0.15, 0.2) is 40.4 Å². The van der Waals surface area contributed by atoms with Gasteiger partial charge in [0.2, 0.25) is 5.91 Å². The zero-order valence-electron chi connectivity index (χ0n) is 11.2. The molecule has 0 saturated carbocycles. The number of carbonyl (C=O) groups excluding carboxylic acids is 1. The Morgan fingerprint density at radius 2 is 2.09 bits per heavy atom. The van der Waals surface area contributed by atoms with Gasteiger partial charge < -0.3 is 5.32 Å². The van der Waals surface area contributed by atoms with Crippen LogP contribution in [-0.4, -0.2) is 10.9 Å². The number of anilines is 1. The van der Waals surface area contributed by atoms with E-state index >= 15 is 0 Å². The molecule has 7 heteroatoms. The van der Waals surface area contributed by atoms with Crippen molar-refractivity contribution in [3.05, 3.63) is 56.1 Å². The van der Waals surface area contributed by atoms with Gasteiger partial charge in [0.15, 0.2) is 0 Å². The Kier molecular flexibility index (Phi) is 4.78. The second-order valence-corrected chi connectivity index (χ2v) is 6.99. The quantitative estimate of drug-likeness (QED) is 0.673. The number of benzene rings is 1. The highest BCUT2D eigenvalue weighted by Crippen LogP contribution is 2.27. The zero-order valence-corrected chi connectivity index (χ0v) is 14.3. The normalized spacial score (nSPS) is 10.6. The molecule has 0 aliphatic carbocycles. The first kappa shape index (κ1) is 15.5. The number of aromatic nitrogens is 1. The Labute approximate surface area is 145 Å². The summed E-state index contributed by atoms with van der Waals surface area (Å²) >= 11 is 15.0. The van der Waals surface area contributed by atoms with Crippen LogP contribution >= 0.6 is 45.9 Å². The number of carbonyl (C=O) groups is 1.